The van der Waals surface area contributed by atoms with Crippen LogP contribution >= 0.6 is 0 Å². The number of halogens is 1. The molecule has 3 heterocycles. The number of benzene rings is 2. The monoisotopic (exact) mass is 460 g/mol. The molecule has 0 fully saturated rings. The van der Waals surface area contributed by atoms with Gasteiger partial charge in [0, 0.05) is 11.6 Å². The number of carbonyl (C=O) groups is 3. The maximum Gasteiger partial charge on any atom is 0.262 e. The number of imide groups is 1. The molecule has 0 unspecified atom stereocenters. The zero-order valence-electron chi connectivity index (χ0n) is 17.6. The van der Waals surface area contributed by atoms with Crippen molar-refractivity contribution in [1.82, 2.24) is 30.0 Å². The van der Waals surface area contributed by atoms with Crippen LogP contribution in [0.25, 0.3) is 17.0 Å². The predicted molar refractivity (Wildman–Crippen MR) is 116 cm³/mol. The fraction of sp³-hybridized carbons (Fsp3) is 0.130. The molecule has 0 saturated heterocycles. The molecule has 170 valence electrons. The number of rotatable bonds is 7. The quantitative estimate of drug-likeness (QED) is 0.330. The molecule has 2 aromatic carbocycles. The lowest BCUT2D eigenvalue weighted by Crippen LogP contribution is -2.41. The van der Waals surface area contributed by atoms with Crippen LogP contribution in [0.5, 0.6) is 5.88 Å². The largest absolute Gasteiger partial charge is 0.475 e. The van der Waals surface area contributed by atoms with Crippen molar-refractivity contribution < 1.29 is 23.5 Å². The van der Waals surface area contributed by atoms with Crippen molar-refractivity contribution >= 4 is 23.4 Å². The van der Waals surface area contributed by atoms with E-state index in [0.29, 0.717) is 28.2 Å². The highest BCUT2D eigenvalue weighted by atomic mass is 19.1. The normalized spacial score (nSPS) is 12.8. The second kappa shape index (κ2) is 8.70. The predicted octanol–water partition coefficient (Wildman–Crippen LogP) is 1.72. The van der Waals surface area contributed by atoms with Crippen LogP contribution in [-0.2, 0) is 4.79 Å². The summed E-state index contributed by atoms with van der Waals surface area (Å²) in [5.74, 6) is -1.13. The number of nitrogens with zero attached hydrogens (tertiary/aromatic N) is 5. The van der Waals surface area contributed by atoms with Crippen molar-refractivity contribution in [2.75, 3.05) is 19.7 Å². The van der Waals surface area contributed by atoms with E-state index in [1.54, 1.807) is 48.5 Å². The van der Waals surface area contributed by atoms with E-state index < -0.39 is 17.7 Å². The van der Waals surface area contributed by atoms with Gasteiger partial charge in [0.2, 0.25) is 11.8 Å². The second-order valence-corrected chi connectivity index (χ2v) is 7.41. The van der Waals surface area contributed by atoms with Gasteiger partial charge in [0.25, 0.3) is 11.8 Å². The molecule has 0 atom stereocenters. The Hall–Kier alpha value is -4.67. The molecule has 2 aromatic heterocycles. The molecular formula is C23H17FN6O4. The van der Waals surface area contributed by atoms with Crippen molar-refractivity contribution in [3.8, 4) is 17.3 Å². The summed E-state index contributed by atoms with van der Waals surface area (Å²) < 4.78 is 20.3. The van der Waals surface area contributed by atoms with Gasteiger partial charge in [0.15, 0.2) is 11.5 Å². The topological polar surface area (TPSA) is 119 Å². The highest BCUT2D eigenvalue weighted by Gasteiger charge is 2.36. The first-order valence-corrected chi connectivity index (χ1v) is 10.3. The number of aromatic nitrogens is 4. The van der Waals surface area contributed by atoms with E-state index in [1.165, 1.54) is 16.6 Å². The number of fused-ring (bicyclic) bond motifs is 2. The summed E-state index contributed by atoms with van der Waals surface area (Å²) in [6, 6.07) is 15.5. The van der Waals surface area contributed by atoms with Gasteiger partial charge in [-0.15, -0.1) is 15.3 Å². The molecule has 3 amide bonds. The van der Waals surface area contributed by atoms with E-state index >= 15 is 0 Å². The molecule has 0 aliphatic carbocycles. The highest BCUT2D eigenvalue weighted by molar-refractivity contribution is 6.22. The van der Waals surface area contributed by atoms with Gasteiger partial charge < -0.3 is 10.1 Å². The Labute approximate surface area is 192 Å². The van der Waals surface area contributed by atoms with Crippen LogP contribution in [0.15, 0.2) is 60.7 Å². The van der Waals surface area contributed by atoms with Crippen molar-refractivity contribution in [1.29, 1.82) is 0 Å². The number of amides is 3. The molecule has 1 aliphatic rings. The maximum atomic E-state index is 13.2. The number of nitrogens with one attached hydrogen (secondary N) is 1. The first kappa shape index (κ1) is 21.2. The van der Waals surface area contributed by atoms with Crippen LogP contribution < -0.4 is 10.1 Å². The lowest BCUT2D eigenvalue weighted by molar-refractivity contribution is -0.121. The molecule has 0 radical (unpaired) electrons. The number of carbonyl (C=O) groups excluding carboxylic acids is 3. The smallest absolute Gasteiger partial charge is 0.262 e. The van der Waals surface area contributed by atoms with Gasteiger partial charge in [-0.05, 0) is 42.5 Å². The molecule has 0 saturated carbocycles. The molecule has 0 bridgehead atoms. The van der Waals surface area contributed by atoms with Crippen LogP contribution in [0.3, 0.4) is 0 Å². The molecule has 0 spiro atoms. The minimum absolute atomic E-state index is 0.0976. The van der Waals surface area contributed by atoms with Gasteiger partial charge in [-0.1, -0.05) is 12.1 Å². The first-order valence-electron chi connectivity index (χ1n) is 10.3. The summed E-state index contributed by atoms with van der Waals surface area (Å²) in [6.07, 6.45) is 0. The Balaban J connectivity index is 1.16. The van der Waals surface area contributed by atoms with Gasteiger partial charge in [-0.2, -0.15) is 4.52 Å². The van der Waals surface area contributed by atoms with Gasteiger partial charge >= 0.3 is 0 Å². The summed E-state index contributed by atoms with van der Waals surface area (Å²) >= 11 is 0. The summed E-state index contributed by atoms with van der Waals surface area (Å²) in [6.45, 7) is -0.145. The average Bonchev–Trinajstić information content (AvgIpc) is 3.37. The fourth-order valence-electron chi connectivity index (χ4n) is 3.56. The van der Waals surface area contributed by atoms with E-state index in [0.717, 1.165) is 4.90 Å². The lowest BCUT2D eigenvalue weighted by Gasteiger charge is -2.13. The molecule has 10 nitrogen and oxygen atoms in total. The molecule has 1 aliphatic heterocycles. The number of hydrogen-bond acceptors (Lipinski definition) is 7. The zero-order valence-corrected chi connectivity index (χ0v) is 17.6. The Morgan fingerprint density at radius 3 is 2.35 bits per heavy atom. The van der Waals surface area contributed by atoms with Crippen LogP contribution in [0, 0.1) is 5.82 Å². The van der Waals surface area contributed by atoms with E-state index in [9.17, 15) is 18.8 Å². The van der Waals surface area contributed by atoms with Gasteiger partial charge in [0.05, 0.1) is 17.7 Å². The molecule has 1 N–H and O–H groups in total. The average molecular weight is 460 g/mol. The Kier molecular flexibility index (Phi) is 5.42. The van der Waals surface area contributed by atoms with E-state index in [-0.39, 0.29) is 31.4 Å². The van der Waals surface area contributed by atoms with Crippen molar-refractivity contribution in [2.24, 2.45) is 0 Å². The highest BCUT2D eigenvalue weighted by Crippen LogP contribution is 2.22. The molecular weight excluding hydrogens is 443 g/mol. The van der Waals surface area contributed by atoms with Crippen LogP contribution in [-0.4, -0.2) is 62.1 Å². The summed E-state index contributed by atoms with van der Waals surface area (Å²) in [5.41, 5.74) is 1.71. The minimum atomic E-state index is -0.490. The standard InChI is InChI=1S/C23H17FN6O4/c24-15-7-5-14(6-8-15)21-27-26-18-9-10-20(28-30(18)21)34-12-11-25-19(31)13-29-22(32)16-3-1-2-4-17(16)23(29)33/h1-10H,11-13H2,(H,25,31). The van der Waals surface area contributed by atoms with Gasteiger partial charge in [0.1, 0.15) is 19.0 Å². The minimum Gasteiger partial charge on any atom is -0.475 e. The summed E-state index contributed by atoms with van der Waals surface area (Å²) in [4.78, 5) is 37.9. The zero-order chi connectivity index (χ0) is 23.7. The fourth-order valence-corrected chi connectivity index (χ4v) is 3.56. The third-order valence-corrected chi connectivity index (χ3v) is 5.19. The maximum absolute atomic E-state index is 13.2. The Bertz CT molecular complexity index is 1380. The van der Waals surface area contributed by atoms with E-state index in [4.69, 9.17) is 4.74 Å². The second-order valence-electron chi connectivity index (χ2n) is 7.41. The Morgan fingerprint density at radius 1 is 0.941 bits per heavy atom. The van der Waals surface area contributed by atoms with Crippen LogP contribution in [0.1, 0.15) is 20.7 Å². The third-order valence-electron chi connectivity index (χ3n) is 5.19. The van der Waals surface area contributed by atoms with Crippen molar-refractivity contribution in [3.05, 3.63) is 77.6 Å². The van der Waals surface area contributed by atoms with Crippen molar-refractivity contribution in [3.63, 3.8) is 0 Å². The molecule has 34 heavy (non-hydrogen) atoms. The van der Waals surface area contributed by atoms with Crippen molar-refractivity contribution in [2.45, 2.75) is 0 Å². The summed E-state index contributed by atoms with van der Waals surface area (Å²) in [7, 11) is 0. The third kappa shape index (κ3) is 3.94. The molecule has 4 aromatic rings. The van der Waals surface area contributed by atoms with E-state index in [1.807, 2.05) is 0 Å². The molecule has 11 heteroatoms. The van der Waals surface area contributed by atoms with Gasteiger partial charge in [-0.25, -0.2) is 4.39 Å². The van der Waals surface area contributed by atoms with Gasteiger partial charge in [-0.3, -0.25) is 19.3 Å². The Morgan fingerprint density at radius 2 is 1.65 bits per heavy atom. The first-order chi connectivity index (χ1) is 16.5. The number of ether oxygens (including phenoxy) is 1. The number of hydrogen-bond donors (Lipinski definition) is 1. The van der Waals surface area contributed by atoms with Crippen LogP contribution in [0.2, 0.25) is 0 Å². The molecule has 5 rings (SSSR count). The van der Waals surface area contributed by atoms with Crippen LogP contribution in [0.4, 0.5) is 4.39 Å². The SMILES string of the molecule is O=C(CN1C(=O)c2ccccc2C1=O)NCCOc1ccc2nnc(-c3ccc(F)cc3)n2n1. The summed E-state index contributed by atoms with van der Waals surface area (Å²) in [5, 5.41) is 15.1. The van der Waals surface area contributed by atoms with E-state index in [2.05, 4.69) is 20.6 Å². The lowest BCUT2D eigenvalue weighted by atomic mass is 10.1.